The van der Waals surface area contributed by atoms with E-state index < -0.39 is 0 Å². The molecule has 1 fully saturated rings. The first-order valence-corrected chi connectivity index (χ1v) is 14.0. The van der Waals surface area contributed by atoms with Gasteiger partial charge in [-0.15, -0.1) is 0 Å². The fourth-order valence-electron chi connectivity index (χ4n) is 5.95. The van der Waals surface area contributed by atoms with Gasteiger partial charge in [0.2, 0.25) is 0 Å². The molecule has 0 N–H and O–H groups in total. The van der Waals surface area contributed by atoms with Gasteiger partial charge in [-0.1, -0.05) is 30.7 Å². The molecular weight excluding hydrogens is 458 g/mol. The van der Waals surface area contributed by atoms with E-state index in [1.807, 2.05) is 0 Å². The number of ether oxygens (including phenoxy) is 3. The maximum atomic E-state index is 6.03. The minimum atomic E-state index is 0.539. The average Bonchev–Trinajstić information content (AvgIpc) is 2.96. The van der Waals surface area contributed by atoms with Crippen LogP contribution in [0.5, 0.6) is 17.2 Å². The normalized spacial score (nSPS) is 17.7. The van der Waals surface area contributed by atoms with Gasteiger partial charge in [0.1, 0.15) is 23.9 Å². The third kappa shape index (κ3) is 6.67. The number of rotatable bonds is 10. The van der Waals surface area contributed by atoms with Crippen LogP contribution in [-0.2, 0) is 25.7 Å². The standard InChI is InChI=1S/C33H41NO3/c1-35-31-15-12-26-22-28(11-10-27(26)23-31)33-17-16-32(36-2)24-29(33)9-6-25-7-13-30(14-8-25)37-21-20-34-18-4-3-5-19-34/h7-8,12-17,23-24,28H,3-6,9-11,18-22H2,1-2H3. The van der Waals surface area contributed by atoms with E-state index in [4.69, 9.17) is 14.2 Å². The molecule has 0 amide bonds. The van der Waals surface area contributed by atoms with Gasteiger partial charge >= 0.3 is 0 Å². The lowest BCUT2D eigenvalue weighted by Crippen LogP contribution is -2.33. The Bertz CT molecular complexity index is 1150. The Hall–Kier alpha value is -2.98. The van der Waals surface area contributed by atoms with Gasteiger partial charge in [0.05, 0.1) is 14.2 Å². The molecule has 0 saturated carbocycles. The molecule has 196 valence electrons. The summed E-state index contributed by atoms with van der Waals surface area (Å²) in [6, 6.07) is 21.9. The zero-order valence-corrected chi connectivity index (χ0v) is 22.5. The van der Waals surface area contributed by atoms with Crippen LogP contribution in [-0.4, -0.2) is 45.4 Å². The Balaban J connectivity index is 1.20. The smallest absolute Gasteiger partial charge is 0.119 e. The molecular formula is C33H41NO3. The number of likely N-dealkylation sites (tertiary alicyclic amines) is 1. The summed E-state index contributed by atoms with van der Waals surface area (Å²) in [5.74, 6) is 3.41. The Morgan fingerprint density at radius 3 is 2.27 bits per heavy atom. The lowest BCUT2D eigenvalue weighted by molar-refractivity contribution is 0.183. The van der Waals surface area contributed by atoms with Gasteiger partial charge in [-0.05, 0) is 128 Å². The third-order valence-corrected chi connectivity index (χ3v) is 8.16. The maximum absolute atomic E-state index is 6.03. The lowest BCUT2D eigenvalue weighted by atomic mass is 9.78. The third-order valence-electron chi connectivity index (χ3n) is 8.16. The van der Waals surface area contributed by atoms with Crippen molar-refractivity contribution in [2.75, 3.05) is 40.5 Å². The topological polar surface area (TPSA) is 30.9 Å². The Morgan fingerprint density at radius 2 is 1.49 bits per heavy atom. The van der Waals surface area contributed by atoms with E-state index in [0.29, 0.717) is 5.92 Å². The summed E-state index contributed by atoms with van der Waals surface area (Å²) in [7, 11) is 3.50. The number of fused-ring (bicyclic) bond motifs is 1. The van der Waals surface area contributed by atoms with Crippen LogP contribution in [0.1, 0.15) is 59.4 Å². The molecule has 1 heterocycles. The van der Waals surface area contributed by atoms with E-state index >= 15 is 0 Å². The van der Waals surface area contributed by atoms with Crippen LogP contribution in [0, 0.1) is 0 Å². The van der Waals surface area contributed by atoms with Gasteiger partial charge in [-0.3, -0.25) is 4.90 Å². The van der Waals surface area contributed by atoms with Crippen LogP contribution in [0.3, 0.4) is 0 Å². The van der Waals surface area contributed by atoms with Gasteiger partial charge in [-0.2, -0.15) is 0 Å². The second-order valence-corrected chi connectivity index (χ2v) is 10.5. The van der Waals surface area contributed by atoms with Crippen LogP contribution < -0.4 is 14.2 Å². The summed E-state index contributed by atoms with van der Waals surface area (Å²) < 4.78 is 17.1. The maximum Gasteiger partial charge on any atom is 0.119 e. The van der Waals surface area contributed by atoms with Gasteiger partial charge < -0.3 is 14.2 Å². The molecule has 1 unspecified atom stereocenters. The molecule has 1 aliphatic heterocycles. The summed E-state index contributed by atoms with van der Waals surface area (Å²) >= 11 is 0. The number of hydrogen-bond donors (Lipinski definition) is 0. The molecule has 1 saturated heterocycles. The van der Waals surface area contributed by atoms with Crippen molar-refractivity contribution in [3.63, 3.8) is 0 Å². The van der Waals surface area contributed by atoms with Crippen molar-refractivity contribution in [3.8, 4) is 17.2 Å². The molecule has 0 bridgehead atoms. The highest BCUT2D eigenvalue weighted by molar-refractivity contribution is 5.43. The fraction of sp³-hybridized carbons (Fsp3) is 0.455. The molecule has 1 aliphatic carbocycles. The van der Waals surface area contributed by atoms with Gasteiger partial charge in [-0.25, -0.2) is 0 Å². The number of hydrogen-bond acceptors (Lipinski definition) is 4. The number of piperidine rings is 1. The zero-order chi connectivity index (χ0) is 25.5. The van der Waals surface area contributed by atoms with Crippen LogP contribution in [0.4, 0.5) is 0 Å². The van der Waals surface area contributed by atoms with Crippen molar-refractivity contribution in [2.24, 2.45) is 0 Å². The first-order chi connectivity index (χ1) is 18.2. The van der Waals surface area contributed by atoms with E-state index in [9.17, 15) is 0 Å². The summed E-state index contributed by atoms with van der Waals surface area (Å²) in [6.45, 7) is 4.23. The predicted octanol–water partition coefficient (Wildman–Crippen LogP) is 6.63. The molecule has 3 aromatic carbocycles. The van der Waals surface area contributed by atoms with E-state index in [2.05, 4.69) is 65.6 Å². The predicted molar refractivity (Wildman–Crippen MR) is 150 cm³/mol. The molecule has 5 rings (SSSR count). The minimum Gasteiger partial charge on any atom is -0.497 e. The fourth-order valence-corrected chi connectivity index (χ4v) is 5.95. The molecule has 0 radical (unpaired) electrons. The number of benzene rings is 3. The van der Waals surface area contributed by atoms with Gasteiger partial charge in [0.25, 0.3) is 0 Å². The lowest BCUT2D eigenvalue weighted by Gasteiger charge is -2.27. The second kappa shape index (κ2) is 12.5. The zero-order valence-electron chi connectivity index (χ0n) is 22.5. The first-order valence-electron chi connectivity index (χ1n) is 14.0. The molecule has 3 aromatic rings. The average molecular weight is 500 g/mol. The first kappa shape index (κ1) is 25.7. The van der Waals surface area contributed by atoms with E-state index in [1.54, 1.807) is 14.2 Å². The monoisotopic (exact) mass is 499 g/mol. The minimum absolute atomic E-state index is 0.539. The summed E-state index contributed by atoms with van der Waals surface area (Å²) in [5, 5.41) is 0. The van der Waals surface area contributed by atoms with E-state index in [0.717, 1.165) is 56.1 Å². The molecule has 4 heteroatoms. The van der Waals surface area contributed by atoms with Crippen LogP contribution >= 0.6 is 0 Å². The summed E-state index contributed by atoms with van der Waals surface area (Å²) in [4.78, 5) is 2.52. The number of methoxy groups -OCH3 is 2. The SMILES string of the molecule is COc1ccc2c(c1)CCC(c1ccc(OC)cc1CCc1ccc(OCCN3CCCCC3)cc1)C2. The Kier molecular flexibility index (Phi) is 8.68. The Labute approximate surface area is 222 Å². The molecule has 4 nitrogen and oxygen atoms in total. The Morgan fingerprint density at radius 1 is 0.757 bits per heavy atom. The van der Waals surface area contributed by atoms with Crippen molar-refractivity contribution in [1.29, 1.82) is 0 Å². The second-order valence-electron chi connectivity index (χ2n) is 10.5. The largest absolute Gasteiger partial charge is 0.497 e. The van der Waals surface area contributed by atoms with Crippen LogP contribution in [0.2, 0.25) is 0 Å². The van der Waals surface area contributed by atoms with Crippen molar-refractivity contribution < 1.29 is 14.2 Å². The highest BCUT2D eigenvalue weighted by Crippen LogP contribution is 2.37. The highest BCUT2D eigenvalue weighted by Gasteiger charge is 2.23. The molecule has 1 atom stereocenters. The van der Waals surface area contributed by atoms with Crippen molar-refractivity contribution in [3.05, 3.63) is 88.5 Å². The van der Waals surface area contributed by atoms with E-state index in [1.165, 1.54) is 66.6 Å². The van der Waals surface area contributed by atoms with Crippen LogP contribution in [0.15, 0.2) is 60.7 Å². The summed E-state index contributed by atoms with van der Waals surface area (Å²) in [6.07, 6.45) is 9.40. The van der Waals surface area contributed by atoms with Crippen molar-refractivity contribution >= 4 is 0 Å². The van der Waals surface area contributed by atoms with Gasteiger partial charge in [0.15, 0.2) is 0 Å². The van der Waals surface area contributed by atoms with Crippen molar-refractivity contribution in [2.45, 2.75) is 57.3 Å². The van der Waals surface area contributed by atoms with Gasteiger partial charge in [0, 0.05) is 6.54 Å². The highest BCUT2D eigenvalue weighted by atomic mass is 16.5. The number of nitrogens with zero attached hydrogens (tertiary/aromatic N) is 1. The summed E-state index contributed by atoms with van der Waals surface area (Å²) in [5.41, 5.74) is 7.11. The van der Waals surface area contributed by atoms with E-state index in [-0.39, 0.29) is 0 Å². The molecule has 2 aliphatic rings. The quantitative estimate of drug-likeness (QED) is 0.313. The van der Waals surface area contributed by atoms with Crippen LogP contribution in [0.25, 0.3) is 0 Å². The molecule has 0 aromatic heterocycles. The molecule has 37 heavy (non-hydrogen) atoms. The number of aryl methyl sites for hydroxylation is 3. The molecule has 0 spiro atoms. The van der Waals surface area contributed by atoms with Crippen molar-refractivity contribution in [1.82, 2.24) is 4.90 Å².